The van der Waals surface area contributed by atoms with Crippen molar-refractivity contribution in [2.45, 2.75) is 62.4 Å². The highest BCUT2D eigenvalue weighted by Crippen LogP contribution is 2.44. The van der Waals surface area contributed by atoms with Crippen LogP contribution in [0.2, 0.25) is 0 Å². The maximum atomic E-state index is 12.7. The molecule has 5 rings (SSSR count). The number of carbonyl (C=O) groups excluding carboxylic acids is 2. The van der Waals surface area contributed by atoms with Gasteiger partial charge in [-0.15, -0.1) is 0 Å². The molecular formula is C27H30N2O5. The Bertz CT molecular complexity index is 1060. The number of amides is 2. The van der Waals surface area contributed by atoms with Gasteiger partial charge >= 0.3 is 12.1 Å². The maximum absolute atomic E-state index is 12.7. The first-order chi connectivity index (χ1) is 16.5. The van der Waals surface area contributed by atoms with E-state index in [1.54, 1.807) is 0 Å². The van der Waals surface area contributed by atoms with Crippen LogP contribution in [0.15, 0.2) is 48.5 Å². The van der Waals surface area contributed by atoms with E-state index in [0.717, 1.165) is 36.8 Å². The average molecular weight is 463 g/mol. The highest BCUT2D eigenvalue weighted by atomic mass is 16.5. The molecule has 7 nitrogen and oxygen atoms in total. The molecule has 0 spiro atoms. The average Bonchev–Trinajstić information content (AvgIpc) is 3.08. The first kappa shape index (κ1) is 22.4. The lowest BCUT2D eigenvalue weighted by atomic mass is 9.74. The normalized spacial score (nSPS) is 19.1. The quantitative estimate of drug-likeness (QED) is 0.545. The summed E-state index contributed by atoms with van der Waals surface area (Å²) in [5, 5.41) is 15.1. The number of rotatable bonds is 8. The number of hydrogen-bond acceptors (Lipinski definition) is 4. The lowest BCUT2D eigenvalue weighted by molar-refractivity contribution is -0.144. The van der Waals surface area contributed by atoms with Crippen molar-refractivity contribution in [1.82, 2.24) is 10.6 Å². The molecule has 0 saturated heterocycles. The Kier molecular flexibility index (Phi) is 6.02. The number of ether oxygens (including phenoxy) is 1. The minimum atomic E-state index is -0.995. The van der Waals surface area contributed by atoms with Crippen LogP contribution in [0.3, 0.4) is 0 Å². The summed E-state index contributed by atoms with van der Waals surface area (Å²) in [6, 6.07) is 15.5. The van der Waals surface area contributed by atoms with Gasteiger partial charge in [0.1, 0.15) is 12.6 Å². The predicted octanol–water partition coefficient (Wildman–Crippen LogP) is 4.21. The summed E-state index contributed by atoms with van der Waals surface area (Å²) in [5.74, 6) is -1.37. The zero-order valence-corrected chi connectivity index (χ0v) is 19.1. The second-order valence-corrected chi connectivity index (χ2v) is 9.84. The lowest BCUT2D eigenvalue weighted by Gasteiger charge is -2.42. The molecular weight excluding hydrogens is 432 g/mol. The van der Waals surface area contributed by atoms with Crippen LogP contribution in [0.4, 0.5) is 4.79 Å². The van der Waals surface area contributed by atoms with E-state index in [1.165, 1.54) is 11.1 Å². The minimum Gasteiger partial charge on any atom is -0.480 e. The van der Waals surface area contributed by atoms with Gasteiger partial charge in [0, 0.05) is 12.3 Å². The fraction of sp³-hybridized carbons (Fsp3) is 0.444. The van der Waals surface area contributed by atoms with E-state index in [0.29, 0.717) is 12.8 Å². The van der Waals surface area contributed by atoms with Crippen molar-refractivity contribution in [3.63, 3.8) is 0 Å². The fourth-order valence-corrected chi connectivity index (χ4v) is 5.49. The van der Waals surface area contributed by atoms with Crippen LogP contribution in [0.25, 0.3) is 11.1 Å². The van der Waals surface area contributed by atoms with Crippen LogP contribution in [0, 0.1) is 5.92 Å². The highest BCUT2D eigenvalue weighted by Gasteiger charge is 2.42. The van der Waals surface area contributed by atoms with Crippen LogP contribution in [0.5, 0.6) is 0 Å². The summed E-state index contributed by atoms with van der Waals surface area (Å²) in [6.45, 7) is 0.213. The number of nitrogens with one attached hydrogen (secondary N) is 2. The van der Waals surface area contributed by atoms with Crippen LogP contribution in [0.1, 0.15) is 62.0 Å². The van der Waals surface area contributed by atoms with Gasteiger partial charge in [0.2, 0.25) is 5.91 Å². The number of fused-ring (bicyclic) bond motifs is 3. The second-order valence-electron chi connectivity index (χ2n) is 9.84. The van der Waals surface area contributed by atoms with Crippen LogP contribution >= 0.6 is 0 Å². The molecule has 2 fully saturated rings. The third kappa shape index (κ3) is 4.27. The summed E-state index contributed by atoms with van der Waals surface area (Å²) in [7, 11) is 0. The molecule has 1 unspecified atom stereocenters. The van der Waals surface area contributed by atoms with Gasteiger partial charge in [-0.2, -0.15) is 0 Å². The summed E-state index contributed by atoms with van der Waals surface area (Å²) in [6.07, 6.45) is 4.41. The number of benzene rings is 2. The Morgan fingerprint density at radius 1 is 0.971 bits per heavy atom. The number of alkyl carbamates (subject to hydrolysis) is 1. The Morgan fingerprint density at radius 2 is 1.59 bits per heavy atom. The minimum absolute atomic E-state index is 0.00566. The molecule has 2 amide bonds. The summed E-state index contributed by atoms with van der Waals surface area (Å²) in [5.41, 5.74) is 3.95. The molecule has 0 radical (unpaired) electrons. The van der Waals surface area contributed by atoms with Gasteiger partial charge in [0.05, 0.1) is 5.54 Å². The topological polar surface area (TPSA) is 105 Å². The van der Waals surface area contributed by atoms with Crippen molar-refractivity contribution in [3.05, 3.63) is 59.7 Å². The van der Waals surface area contributed by atoms with Crippen LogP contribution < -0.4 is 10.6 Å². The van der Waals surface area contributed by atoms with Crippen molar-refractivity contribution < 1.29 is 24.2 Å². The third-order valence-electron chi connectivity index (χ3n) is 7.72. The van der Waals surface area contributed by atoms with Gasteiger partial charge in [-0.05, 0) is 60.3 Å². The molecule has 1 atom stereocenters. The van der Waals surface area contributed by atoms with Crippen molar-refractivity contribution in [3.8, 4) is 11.1 Å². The largest absolute Gasteiger partial charge is 0.480 e. The maximum Gasteiger partial charge on any atom is 0.407 e. The number of carbonyl (C=O) groups is 3. The Morgan fingerprint density at radius 3 is 2.09 bits per heavy atom. The van der Waals surface area contributed by atoms with Crippen LogP contribution in [-0.2, 0) is 14.3 Å². The van der Waals surface area contributed by atoms with Gasteiger partial charge in [-0.25, -0.2) is 9.59 Å². The van der Waals surface area contributed by atoms with Gasteiger partial charge in [0.25, 0.3) is 0 Å². The predicted molar refractivity (Wildman–Crippen MR) is 126 cm³/mol. The number of carboxylic acids is 1. The first-order valence-corrected chi connectivity index (χ1v) is 12.1. The molecule has 2 saturated carbocycles. The second kappa shape index (κ2) is 9.12. The van der Waals surface area contributed by atoms with Crippen molar-refractivity contribution in [2.24, 2.45) is 5.92 Å². The fourth-order valence-electron chi connectivity index (χ4n) is 5.49. The molecule has 7 heteroatoms. The molecule has 3 aliphatic rings. The smallest absolute Gasteiger partial charge is 0.407 e. The van der Waals surface area contributed by atoms with E-state index in [-0.39, 0.29) is 30.8 Å². The van der Waals surface area contributed by atoms with Gasteiger partial charge in [-0.1, -0.05) is 55.0 Å². The Hall–Kier alpha value is -3.35. The van der Waals surface area contributed by atoms with E-state index in [1.807, 2.05) is 24.3 Å². The summed E-state index contributed by atoms with van der Waals surface area (Å²) < 4.78 is 5.66. The number of hydrogen-bond donors (Lipinski definition) is 3. The van der Waals surface area contributed by atoms with Crippen molar-refractivity contribution in [1.29, 1.82) is 0 Å². The van der Waals surface area contributed by atoms with Crippen molar-refractivity contribution >= 4 is 18.0 Å². The van der Waals surface area contributed by atoms with E-state index in [4.69, 9.17) is 4.74 Å². The number of carboxylic acid groups (broad SMARTS) is 1. The van der Waals surface area contributed by atoms with Crippen molar-refractivity contribution in [2.75, 3.05) is 6.61 Å². The van der Waals surface area contributed by atoms with Gasteiger partial charge in [-0.3, -0.25) is 4.79 Å². The molecule has 2 aromatic rings. The summed E-state index contributed by atoms with van der Waals surface area (Å²) in [4.78, 5) is 37.0. The zero-order valence-electron chi connectivity index (χ0n) is 19.1. The first-order valence-electron chi connectivity index (χ1n) is 12.1. The molecule has 0 heterocycles. The van der Waals surface area contributed by atoms with Gasteiger partial charge in [0.15, 0.2) is 0 Å². The monoisotopic (exact) mass is 462 g/mol. The van der Waals surface area contributed by atoms with Gasteiger partial charge < -0.3 is 20.5 Å². The molecule has 34 heavy (non-hydrogen) atoms. The molecule has 3 aliphatic carbocycles. The highest BCUT2D eigenvalue weighted by molar-refractivity contribution is 5.85. The lowest BCUT2D eigenvalue weighted by Crippen LogP contribution is -2.57. The Balaban J connectivity index is 1.19. The Labute approximate surface area is 198 Å². The van der Waals surface area contributed by atoms with E-state index >= 15 is 0 Å². The standard InChI is InChI=1S/C27H30N2O5/c30-23(28-24(25(31)32)17-7-5-8-17)15-27(13-6-14-27)29-26(33)34-16-22-20-11-3-1-9-18(20)19-10-2-4-12-21(19)22/h1-4,9-12,17,22,24H,5-8,13-16H2,(H,28,30)(H,29,33)(H,31,32). The third-order valence-corrected chi connectivity index (χ3v) is 7.72. The molecule has 0 bridgehead atoms. The molecule has 0 aromatic heterocycles. The van der Waals surface area contributed by atoms with E-state index < -0.39 is 23.6 Å². The van der Waals surface area contributed by atoms with E-state index in [9.17, 15) is 19.5 Å². The SMILES string of the molecule is O=C(CC1(NC(=O)OCC2c3ccccc3-c3ccccc32)CCC1)NC(C(=O)O)C1CCC1. The number of aliphatic carboxylic acids is 1. The molecule has 178 valence electrons. The summed E-state index contributed by atoms with van der Waals surface area (Å²) >= 11 is 0. The molecule has 3 N–H and O–H groups in total. The van der Waals surface area contributed by atoms with E-state index in [2.05, 4.69) is 34.9 Å². The molecule has 0 aliphatic heterocycles. The zero-order chi connectivity index (χ0) is 23.7. The molecule has 2 aromatic carbocycles. The van der Waals surface area contributed by atoms with Crippen LogP contribution in [-0.4, -0.2) is 41.3 Å².